The van der Waals surface area contributed by atoms with Gasteiger partial charge >= 0.3 is 0 Å². The first kappa shape index (κ1) is 16.5. The van der Waals surface area contributed by atoms with Crippen molar-refractivity contribution in [2.45, 2.75) is 59.0 Å². The number of fused-ring (bicyclic) bond motifs is 1. The summed E-state index contributed by atoms with van der Waals surface area (Å²) < 4.78 is 5.43. The Morgan fingerprint density at radius 1 is 1.39 bits per heavy atom. The number of rotatable bonds is 2. The van der Waals surface area contributed by atoms with Crippen LogP contribution in [-0.4, -0.2) is 18.6 Å². The lowest BCUT2D eigenvalue weighted by atomic mass is 9.72. The highest BCUT2D eigenvalue weighted by Gasteiger charge is 2.33. The van der Waals surface area contributed by atoms with Crippen LogP contribution in [0.1, 0.15) is 56.0 Å². The minimum absolute atomic E-state index is 0.107. The summed E-state index contributed by atoms with van der Waals surface area (Å²) in [6.07, 6.45) is 4.40. The van der Waals surface area contributed by atoms with E-state index in [1.54, 1.807) is 11.3 Å². The van der Waals surface area contributed by atoms with Crippen LogP contribution in [0.2, 0.25) is 0 Å². The van der Waals surface area contributed by atoms with E-state index in [4.69, 9.17) is 4.74 Å². The minimum atomic E-state index is -0.358. The predicted octanol–water partition coefficient (Wildman–Crippen LogP) is 3.89. The normalized spacial score (nSPS) is 24.1. The maximum Gasteiger partial charge on any atom is 0.254 e. The topological polar surface area (TPSA) is 62.1 Å². The van der Waals surface area contributed by atoms with Gasteiger partial charge in [0.15, 0.2) is 0 Å². The molecule has 2 atom stereocenters. The van der Waals surface area contributed by atoms with Crippen LogP contribution in [-0.2, 0) is 22.4 Å². The molecule has 0 radical (unpaired) electrons. The molecule has 1 aromatic rings. The van der Waals surface area contributed by atoms with Gasteiger partial charge < -0.3 is 10.1 Å². The summed E-state index contributed by atoms with van der Waals surface area (Å²) in [5.74, 6) is 0.520. The lowest BCUT2D eigenvalue weighted by molar-refractivity contribution is -0.124. The smallest absolute Gasteiger partial charge is 0.254 e. The molecule has 1 fully saturated rings. The molecule has 124 valence electrons. The number of amides is 1. The Bertz CT molecular complexity index is 645. The molecule has 3 rings (SSSR count). The van der Waals surface area contributed by atoms with Crippen molar-refractivity contribution >= 4 is 22.2 Å². The number of anilines is 1. The van der Waals surface area contributed by atoms with Crippen molar-refractivity contribution in [3.8, 4) is 6.07 Å². The Balaban J connectivity index is 1.82. The van der Waals surface area contributed by atoms with E-state index in [0.29, 0.717) is 23.1 Å². The van der Waals surface area contributed by atoms with Crippen molar-refractivity contribution in [1.82, 2.24) is 0 Å². The van der Waals surface area contributed by atoms with Crippen molar-refractivity contribution in [3.05, 3.63) is 16.0 Å². The summed E-state index contributed by atoms with van der Waals surface area (Å²) in [6, 6.07) is 2.31. The van der Waals surface area contributed by atoms with Gasteiger partial charge in [0.1, 0.15) is 17.2 Å². The highest BCUT2D eigenvalue weighted by atomic mass is 32.1. The number of carbonyl (C=O) groups is 1. The van der Waals surface area contributed by atoms with Gasteiger partial charge in [0.25, 0.3) is 5.91 Å². The molecular weight excluding hydrogens is 308 g/mol. The first-order chi connectivity index (χ1) is 10.9. The second-order valence-corrected chi connectivity index (χ2v) is 8.72. The van der Waals surface area contributed by atoms with Crippen LogP contribution in [0.15, 0.2) is 0 Å². The van der Waals surface area contributed by atoms with E-state index >= 15 is 0 Å². The molecular formula is C18H24N2O2S. The third-order valence-electron chi connectivity index (χ3n) is 5.06. The van der Waals surface area contributed by atoms with Gasteiger partial charge in [-0.3, -0.25) is 4.79 Å². The molecule has 1 aliphatic carbocycles. The molecule has 0 spiro atoms. The molecule has 4 nitrogen and oxygen atoms in total. The largest absolute Gasteiger partial charge is 0.368 e. The van der Waals surface area contributed by atoms with Gasteiger partial charge in [-0.1, -0.05) is 20.8 Å². The monoisotopic (exact) mass is 332 g/mol. The number of hydrogen-bond acceptors (Lipinski definition) is 4. The first-order valence-corrected chi connectivity index (χ1v) is 9.19. The van der Waals surface area contributed by atoms with Gasteiger partial charge in [-0.2, -0.15) is 5.26 Å². The maximum atomic E-state index is 12.3. The number of nitriles is 1. The summed E-state index contributed by atoms with van der Waals surface area (Å²) in [6.45, 7) is 7.49. The molecule has 0 bridgehead atoms. The summed E-state index contributed by atoms with van der Waals surface area (Å²) in [5.41, 5.74) is 2.10. The molecule has 5 heteroatoms. The van der Waals surface area contributed by atoms with Crippen LogP contribution in [0.4, 0.5) is 5.00 Å². The van der Waals surface area contributed by atoms with Crippen LogP contribution in [0.3, 0.4) is 0 Å². The lowest BCUT2D eigenvalue weighted by Gasteiger charge is -2.33. The quantitative estimate of drug-likeness (QED) is 0.894. The van der Waals surface area contributed by atoms with E-state index in [-0.39, 0.29) is 17.4 Å². The van der Waals surface area contributed by atoms with Crippen LogP contribution in [0.25, 0.3) is 0 Å². The maximum absolute atomic E-state index is 12.3. The van der Waals surface area contributed by atoms with E-state index in [9.17, 15) is 10.1 Å². The van der Waals surface area contributed by atoms with Gasteiger partial charge in [-0.25, -0.2) is 0 Å². The van der Waals surface area contributed by atoms with Crippen molar-refractivity contribution in [2.24, 2.45) is 11.3 Å². The Hall–Kier alpha value is -1.38. The van der Waals surface area contributed by atoms with Gasteiger partial charge in [-0.15, -0.1) is 11.3 Å². The molecule has 0 saturated carbocycles. The molecule has 0 aromatic carbocycles. The van der Waals surface area contributed by atoms with Gasteiger partial charge in [0.05, 0.1) is 5.56 Å². The predicted molar refractivity (Wildman–Crippen MR) is 91.6 cm³/mol. The SMILES string of the molecule is CC(C)(C)[C@H]1CCc2c(sc(NC(=O)[C@@H]3CCCO3)c2C#N)C1. The number of carbonyl (C=O) groups excluding carboxylic acids is 1. The van der Waals surface area contributed by atoms with Gasteiger partial charge in [-0.05, 0) is 49.0 Å². The number of nitrogens with zero attached hydrogens (tertiary/aromatic N) is 1. The second-order valence-electron chi connectivity index (χ2n) is 7.62. The molecule has 2 heterocycles. The van der Waals surface area contributed by atoms with Crippen LogP contribution < -0.4 is 5.32 Å². The Kier molecular flexibility index (Phi) is 4.48. The van der Waals surface area contributed by atoms with Crippen molar-refractivity contribution in [3.63, 3.8) is 0 Å². The Morgan fingerprint density at radius 3 is 2.78 bits per heavy atom. The summed E-state index contributed by atoms with van der Waals surface area (Å²) in [4.78, 5) is 13.6. The van der Waals surface area contributed by atoms with Crippen molar-refractivity contribution in [1.29, 1.82) is 5.26 Å². The molecule has 1 amide bonds. The molecule has 1 saturated heterocycles. The van der Waals surface area contributed by atoms with Gasteiger partial charge in [0.2, 0.25) is 0 Å². The zero-order chi connectivity index (χ0) is 16.6. The number of hydrogen-bond donors (Lipinski definition) is 1. The summed E-state index contributed by atoms with van der Waals surface area (Å²) >= 11 is 1.58. The molecule has 0 unspecified atom stereocenters. The third kappa shape index (κ3) is 3.29. The van der Waals surface area contributed by atoms with Crippen molar-refractivity contribution < 1.29 is 9.53 Å². The standard InChI is InChI=1S/C18H24N2O2S/c1-18(2,3)11-6-7-12-13(10-19)17(23-15(12)9-11)20-16(21)14-5-4-8-22-14/h11,14H,4-9H2,1-3H3,(H,20,21)/t11-,14-/m0/s1. The summed E-state index contributed by atoms with van der Waals surface area (Å²) in [7, 11) is 0. The molecule has 23 heavy (non-hydrogen) atoms. The Labute approximate surface area is 141 Å². The van der Waals surface area contributed by atoms with E-state index in [1.807, 2.05) is 0 Å². The fourth-order valence-electron chi connectivity index (χ4n) is 3.51. The average molecular weight is 332 g/mol. The highest BCUT2D eigenvalue weighted by Crippen LogP contribution is 2.44. The Morgan fingerprint density at radius 2 is 2.17 bits per heavy atom. The van der Waals surface area contributed by atoms with E-state index in [1.165, 1.54) is 4.88 Å². The second kappa shape index (κ2) is 6.26. The van der Waals surface area contributed by atoms with E-state index in [2.05, 4.69) is 32.2 Å². The van der Waals surface area contributed by atoms with Crippen molar-refractivity contribution in [2.75, 3.05) is 11.9 Å². The zero-order valence-corrected chi connectivity index (χ0v) is 14.9. The third-order valence-corrected chi connectivity index (χ3v) is 6.23. The van der Waals surface area contributed by atoms with E-state index in [0.717, 1.165) is 37.7 Å². The molecule has 1 aromatic heterocycles. The number of thiophene rings is 1. The average Bonchev–Trinajstić information content (AvgIpc) is 3.12. The number of nitrogens with one attached hydrogen (secondary N) is 1. The number of ether oxygens (including phenoxy) is 1. The fraction of sp³-hybridized carbons (Fsp3) is 0.667. The van der Waals surface area contributed by atoms with Gasteiger partial charge in [0, 0.05) is 11.5 Å². The van der Waals surface area contributed by atoms with Crippen LogP contribution in [0.5, 0.6) is 0 Å². The highest BCUT2D eigenvalue weighted by molar-refractivity contribution is 7.16. The summed E-state index contributed by atoms with van der Waals surface area (Å²) in [5, 5.41) is 13.2. The lowest BCUT2D eigenvalue weighted by Crippen LogP contribution is -2.26. The minimum Gasteiger partial charge on any atom is -0.368 e. The molecule has 1 N–H and O–H groups in total. The van der Waals surface area contributed by atoms with Crippen LogP contribution >= 0.6 is 11.3 Å². The molecule has 2 aliphatic rings. The molecule has 1 aliphatic heterocycles. The first-order valence-electron chi connectivity index (χ1n) is 8.37. The van der Waals surface area contributed by atoms with Crippen LogP contribution in [0, 0.1) is 22.7 Å². The fourth-order valence-corrected chi connectivity index (χ4v) is 4.79. The zero-order valence-electron chi connectivity index (χ0n) is 14.1. The van der Waals surface area contributed by atoms with E-state index < -0.39 is 0 Å².